The lowest BCUT2D eigenvalue weighted by Crippen LogP contribution is -1.95. The van der Waals surface area contributed by atoms with Crippen LogP contribution >= 0.6 is 0 Å². The van der Waals surface area contributed by atoms with E-state index in [9.17, 15) is 26.3 Å². The molecular weight excluding hydrogens is 330 g/mol. The lowest BCUT2D eigenvalue weighted by atomic mass is 9.97. The van der Waals surface area contributed by atoms with Crippen LogP contribution in [0, 0.1) is 34.9 Å². The summed E-state index contributed by atoms with van der Waals surface area (Å²) in [5.74, 6) is -6.74. The number of benzene rings is 4. The Hall–Kier alpha value is -2.76. The van der Waals surface area contributed by atoms with Gasteiger partial charge in [0.05, 0.1) is 16.2 Å². The van der Waals surface area contributed by atoms with Crippen LogP contribution in [0.3, 0.4) is 0 Å². The van der Waals surface area contributed by atoms with Crippen LogP contribution in [0.1, 0.15) is 0 Å². The average molecular weight is 336 g/mol. The van der Waals surface area contributed by atoms with E-state index in [0.29, 0.717) is 12.1 Å². The second-order valence-electron chi connectivity index (χ2n) is 5.45. The van der Waals surface area contributed by atoms with Gasteiger partial charge >= 0.3 is 0 Å². The summed E-state index contributed by atoms with van der Waals surface area (Å²) in [6.45, 7) is 0. The fourth-order valence-electron chi connectivity index (χ4n) is 3.00. The van der Waals surface area contributed by atoms with E-state index in [-0.39, 0.29) is 16.2 Å². The lowest BCUT2D eigenvalue weighted by Gasteiger charge is -2.10. The molecule has 0 aliphatic rings. The number of rotatable bonds is 0. The zero-order valence-electron chi connectivity index (χ0n) is 11.7. The molecule has 0 radical (unpaired) electrons. The maximum absolute atomic E-state index is 14.7. The summed E-state index contributed by atoms with van der Waals surface area (Å²) < 4.78 is 83.8. The van der Waals surface area contributed by atoms with Gasteiger partial charge in [-0.05, 0) is 40.4 Å². The van der Waals surface area contributed by atoms with Crippen molar-refractivity contribution in [3.63, 3.8) is 0 Å². The minimum Gasteiger partial charge on any atom is -0.207 e. The van der Waals surface area contributed by atoms with E-state index in [1.54, 1.807) is 0 Å². The Labute approximate surface area is 130 Å². The van der Waals surface area contributed by atoms with Crippen molar-refractivity contribution in [1.29, 1.82) is 0 Å². The van der Waals surface area contributed by atoms with Crippen molar-refractivity contribution in [1.82, 2.24) is 0 Å². The number of hydrogen-bond acceptors (Lipinski definition) is 0. The summed E-state index contributed by atoms with van der Waals surface area (Å²) in [7, 11) is 0. The predicted molar refractivity (Wildman–Crippen MR) is 78.7 cm³/mol. The van der Waals surface area contributed by atoms with E-state index >= 15 is 0 Å². The quantitative estimate of drug-likeness (QED) is 0.274. The van der Waals surface area contributed by atoms with Gasteiger partial charge in [-0.15, -0.1) is 0 Å². The van der Waals surface area contributed by atoms with Crippen molar-refractivity contribution in [2.24, 2.45) is 0 Å². The smallest absolute Gasteiger partial charge is 0.144 e. The average Bonchev–Trinajstić information content (AvgIpc) is 2.44. The summed E-state index contributed by atoms with van der Waals surface area (Å²) in [4.78, 5) is 0. The van der Waals surface area contributed by atoms with E-state index in [0.717, 1.165) is 12.1 Å². The normalized spacial score (nSPS) is 11.8. The monoisotopic (exact) mass is 336 g/mol. The summed E-state index contributed by atoms with van der Waals surface area (Å²) in [5.41, 5.74) is 0. The fraction of sp³-hybridized carbons (Fsp3) is 0. The second kappa shape index (κ2) is 4.87. The van der Waals surface area contributed by atoms with E-state index in [4.69, 9.17) is 0 Å². The zero-order valence-corrected chi connectivity index (χ0v) is 11.7. The van der Waals surface area contributed by atoms with Gasteiger partial charge in [-0.1, -0.05) is 0 Å². The number of fused-ring (bicyclic) bond motifs is 3. The maximum Gasteiger partial charge on any atom is 0.144 e. The van der Waals surface area contributed by atoms with E-state index in [1.807, 2.05) is 0 Å². The van der Waals surface area contributed by atoms with Gasteiger partial charge in [0.2, 0.25) is 0 Å². The van der Waals surface area contributed by atoms with Crippen LogP contribution in [-0.2, 0) is 0 Å². The highest BCUT2D eigenvalue weighted by Gasteiger charge is 2.20. The predicted octanol–water partition coefficient (Wildman–Crippen LogP) is 5.98. The molecule has 4 aromatic carbocycles. The first kappa shape index (κ1) is 14.8. The molecule has 0 N–H and O–H groups in total. The molecule has 0 aliphatic heterocycles. The van der Waals surface area contributed by atoms with Crippen molar-refractivity contribution < 1.29 is 26.3 Å². The summed E-state index contributed by atoms with van der Waals surface area (Å²) in [6.07, 6.45) is 0. The van der Waals surface area contributed by atoms with Gasteiger partial charge in [-0.2, -0.15) is 0 Å². The first-order chi connectivity index (χ1) is 11.4. The van der Waals surface area contributed by atoms with Crippen LogP contribution in [0.25, 0.3) is 32.3 Å². The van der Waals surface area contributed by atoms with E-state index < -0.39 is 51.1 Å². The topological polar surface area (TPSA) is 0 Å². The van der Waals surface area contributed by atoms with Crippen molar-refractivity contribution in [3.8, 4) is 0 Å². The third-order valence-corrected chi connectivity index (χ3v) is 3.96. The van der Waals surface area contributed by atoms with Crippen LogP contribution in [0.2, 0.25) is 0 Å². The summed E-state index contributed by atoms with van der Waals surface area (Å²) in [6, 6.07) is 5.10. The van der Waals surface area contributed by atoms with Crippen molar-refractivity contribution in [2.45, 2.75) is 0 Å². The van der Waals surface area contributed by atoms with Gasteiger partial charge in [-0.3, -0.25) is 0 Å². The third kappa shape index (κ3) is 1.95. The Kier molecular flexibility index (Phi) is 3.00. The molecule has 120 valence electrons. The van der Waals surface area contributed by atoms with Crippen LogP contribution in [0.5, 0.6) is 0 Å². The van der Waals surface area contributed by atoms with Crippen LogP contribution < -0.4 is 0 Å². The van der Waals surface area contributed by atoms with Gasteiger partial charge in [-0.25, -0.2) is 26.3 Å². The van der Waals surface area contributed by atoms with Crippen molar-refractivity contribution in [2.75, 3.05) is 0 Å². The molecular formula is C18H6F6. The van der Waals surface area contributed by atoms with Gasteiger partial charge in [0.1, 0.15) is 34.9 Å². The highest BCUT2D eigenvalue weighted by atomic mass is 19.2. The van der Waals surface area contributed by atoms with E-state index in [2.05, 4.69) is 0 Å². The minimum absolute atomic E-state index is 0.0556. The SMILES string of the molecule is Fc1cc(F)c2c(F)c3c(F)c4c(F)cc(F)cc4cc3cc2c1. The fourth-order valence-corrected chi connectivity index (χ4v) is 3.00. The molecule has 0 spiro atoms. The molecule has 0 heterocycles. The molecule has 24 heavy (non-hydrogen) atoms. The molecule has 0 aromatic heterocycles. The van der Waals surface area contributed by atoms with Crippen molar-refractivity contribution >= 4 is 32.3 Å². The molecule has 0 fully saturated rings. The van der Waals surface area contributed by atoms with Crippen LogP contribution in [0.4, 0.5) is 26.3 Å². The molecule has 0 aliphatic carbocycles. The molecule has 6 heteroatoms. The van der Waals surface area contributed by atoms with Crippen LogP contribution in [0.15, 0.2) is 36.4 Å². The summed E-state index contributed by atoms with van der Waals surface area (Å²) in [5, 5.41) is -2.11. The van der Waals surface area contributed by atoms with Gasteiger partial charge in [0.25, 0.3) is 0 Å². The highest BCUT2D eigenvalue weighted by Crippen LogP contribution is 2.35. The molecule has 0 atom stereocenters. The Morgan fingerprint density at radius 3 is 1.21 bits per heavy atom. The lowest BCUT2D eigenvalue weighted by molar-refractivity contribution is 0.577. The summed E-state index contributed by atoms with van der Waals surface area (Å²) >= 11 is 0. The second-order valence-corrected chi connectivity index (χ2v) is 5.45. The molecule has 0 bridgehead atoms. The molecule has 0 saturated heterocycles. The Bertz CT molecular complexity index is 1070. The molecule has 4 aromatic rings. The largest absolute Gasteiger partial charge is 0.207 e. The number of hydrogen-bond donors (Lipinski definition) is 0. The molecule has 0 amide bonds. The standard InChI is InChI=1S/C18H6F6/c19-10-3-8-1-7-2-9-4-11(20)6-13(22)15(9)18(24)16(7)17(23)14(8)12(21)5-10/h1-6H. The first-order valence-electron chi connectivity index (χ1n) is 6.85. The number of halogens is 6. The van der Waals surface area contributed by atoms with Gasteiger partial charge < -0.3 is 0 Å². The molecule has 0 unspecified atom stereocenters. The molecule has 0 saturated carbocycles. The Morgan fingerprint density at radius 2 is 0.792 bits per heavy atom. The van der Waals surface area contributed by atoms with Crippen LogP contribution in [-0.4, -0.2) is 0 Å². The Balaban J connectivity index is 2.29. The molecule has 0 nitrogen and oxygen atoms in total. The maximum atomic E-state index is 14.7. The Morgan fingerprint density at radius 1 is 0.417 bits per heavy atom. The van der Waals surface area contributed by atoms with E-state index in [1.165, 1.54) is 12.1 Å². The highest BCUT2D eigenvalue weighted by molar-refractivity contribution is 6.06. The molecule has 4 rings (SSSR count). The van der Waals surface area contributed by atoms with Crippen molar-refractivity contribution in [3.05, 3.63) is 71.3 Å². The zero-order chi connectivity index (χ0) is 17.2. The third-order valence-electron chi connectivity index (χ3n) is 3.96. The minimum atomic E-state index is -1.26. The first-order valence-corrected chi connectivity index (χ1v) is 6.85. The van der Waals surface area contributed by atoms with Gasteiger partial charge in [0, 0.05) is 12.1 Å². The van der Waals surface area contributed by atoms with Gasteiger partial charge in [0.15, 0.2) is 0 Å².